The Morgan fingerprint density at radius 3 is 2.77 bits per heavy atom. The van der Waals surface area contributed by atoms with Crippen molar-refractivity contribution in [3.8, 4) is 18.1 Å². The van der Waals surface area contributed by atoms with E-state index in [-0.39, 0.29) is 11.8 Å². The minimum absolute atomic E-state index is 0.132. The van der Waals surface area contributed by atoms with Crippen LogP contribution in [0.2, 0.25) is 0 Å². The average molecular weight is 309 g/mol. The zero-order valence-electron chi connectivity index (χ0n) is 11.5. The third-order valence-corrected chi connectivity index (χ3v) is 3.97. The summed E-state index contributed by atoms with van der Waals surface area (Å²) in [5.74, 6) is 2.60. The fourth-order valence-electron chi connectivity index (χ4n) is 2.22. The molecule has 5 heteroatoms. The first-order chi connectivity index (χ1) is 10.7. The third kappa shape index (κ3) is 2.69. The molecule has 1 fully saturated rings. The number of terminal acetylenes is 1. The summed E-state index contributed by atoms with van der Waals surface area (Å²) < 4.78 is 5.56. The van der Waals surface area contributed by atoms with Gasteiger partial charge in [0.05, 0.1) is 4.91 Å². The predicted molar refractivity (Wildman–Crippen MR) is 87.4 cm³/mol. The second-order valence-electron chi connectivity index (χ2n) is 4.54. The molecule has 0 spiro atoms. The summed E-state index contributed by atoms with van der Waals surface area (Å²) in [6.45, 7) is 0.132. The van der Waals surface area contributed by atoms with Crippen LogP contribution in [0.1, 0.15) is 5.56 Å². The molecule has 0 saturated carbocycles. The number of fused-ring (bicyclic) bond motifs is 1. The SMILES string of the molecule is C#CCOc1ccc2ccccc2c1/C=C1\SC(=O)NC1=O. The third-order valence-electron chi connectivity index (χ3n) is 3.16. The Kier molecular flexibility index (Phi) is 3.86. The number of hydrogen-bond acceptors (Lipinski definition) is 4. The first-order valence-corrected chi connectivity index (χ1v) is 7.33. The average Bonchev–Trinajstić information content (AvgIpc) is 2.84. The van der Waals surface area contributed by atoms with Crippen molar-refractivity contribution in [2.45, 2.75) is 0 Å². The molecule has 1 heterocycles. The second-order valence-corrected chi connectivity index (χ2v) is 5.56. The standard InChI is InChI=1S/C17H11NO3S/c1-2-9-21-14-8-7-11-5-3-4-6-12(11)13(14)10-15-16(19)18-17(20)22-15/h1,3-8,10H,9H2,(H,18,19,20)/b15-10-. The van der Waals surface area contributed by atoms with Gasteiger partial charge in [0.2, 0.25) is 0 Å². The Bertz CT molecular complexity index is 849. The summed E-state index contributed by atoms with van der Waals surface area (Å²) in [5.41, 5.74) is 0.737. The van der Waals surface area contributed by atoms with Crippen LogP contribution in [-0.4, -0.2) is 17.8 Å². The van der Waals surface area contributed by atoms with Gasteiger partial charge in [0.25, 0.3) is 11.1 Å². The first-order valence-electron chi connectivity index (χ1n) is 6.52. The lowest BCUT2D eigenvalue weighted by molar-refractivity contribution is -0.115. The monoisotopic (exact) mass is 309 g/mol. The van der Waals surface area contributed by atoms with E-state index in [1.165, 1.54) is 0 Å². The summed E-state index contributed by atoms with van der Waals surface area (Å²) >= 11 is 0.875. The highest BCUT2D eigenvalue weighted by atomic mass is 32.2. The van der Waals surface area contributed by atoms with E-state index >= 15 is 0 Å². The van der Waals surface area contributed by atoms with Gasteiger partial charge in [-0.3, -0.25) is 14.9 Å². The van der Waals surface area contributed by atoms with Crippen LogP contribution in [0.25, 0.3) is 16.8 Å². The number of imide groups is 1. The Morgan fingerprint density at radius 2 is 2.05 bits per heavy atom. The molecule has 2 amide bonds. The predicted octanol–water partition coefficient (Wildman–Crippen LogP) is 3.18. The van der Waals surface area contributed by atoms with E-state index in [1.54, 1.807) is 6.08 Å². The van der Waals surface area contributed by atoms with Gasteiger partial charge in [-0.15, -0.1) is 6.42 Å². The van der Waals surface area contributed by atoms with Crippen molar-refractivity contribution in [1.29, 1.82) is 0 Å². The van der Waals surface area contributed by atoms with E-state index in [9.17, 15) is 9.59 Å². The van der Waals surface area contributed by atoms with Crippen molar-refractivity contribution in [2.75, 3.05) is 6.61 Å². The number of carbonyl (C=O) groups excluding carboxylic acids is 2. The largest absolute Gasteiger partial charge is 0.480 e. The van der Waals surface area contributed by atoms with Crippen molar-refractivity contribution in [3.05, 3.63) is 46.9 Å². The number of thioether (sulfide) groups is 1. The molecule has 0 bridgehead atoms. The quantitative estimate of drug-likeness (QED) is 0.699. The van der Waals surface area contributed by atoms with E-state index < -0.39 is 5.91 Å². The van der Waals surface area contributed by atoms with E-state index in [0.717, 1.165) is 28.1 Å². The maximum absolute atomic E-state index is 11.8. The van der Waals surface area contributed by atoms with Gasteiger partial charge in [-0.25, -0.2) is 0 Å². The van der Waals surface area contributed by atoms with Crippen LogP contribution in [0.5, 0.6) is 5.75 Å². The zero-order valence-corrected chi connectivity index (χ0v) is 12.3. The van der Waals surface area contributed by atoms with Gasteiger partial charge in [0.1, 0.15) is 12.4 Å². The van der Waals surface area contributed by atoms with Crippen LogP contribution in [0.3, 0.4) is 0 Å². The Morgan fingerprint density at radius 1 is 1.23 bits per heavy atom. The van der Waals surface area contributed by atoms with Crippen LogP contribution in [-0.2, 0) is 4.79 Å². The first kappa shape index (κ1) is 14.2. The van der Waals surface area contributed by atoms with Gasteiger partial charge in [0, 0.05) is 5.56 Å². The normalized spacial score (nSPS) is 15.9. The topological polar surface area (TPSA) is 55.4 Å². The molecule has 1 N–H and O–H groups in total. The molecule has 0 aromatic heterocycles. The molecule has 1 aliphatic heterocycles. The highest BCUT2D eigenvalue weighted by Gasteiger charge is 2.25. The fourth-order valence-corrected chi connectivity index (χ4v) is 2.89. The lowest BCUT2D eigenvalue weighted by Crippen LogP contribution is -2.17. The minimum atomic E-state index is -0.397. The molecule has 0 radical (unpaired) electrons. The van der Waals surface area contributed by atoms with Crippen molar-refractivity contribution in [2.24, 2.45) is 0 Å². The summed E-state index contributed by atoms with van der Waals surface area (Å²) in [4.78, 5) is 23.4. The number of rotatable bonds is 3. The number of amides is 2. The van der Waals surface area contributed by atoms with Crippen molar-refractivity contribution in [1.82, 2.24) is 5.32 Å². The van der Waals surface area contributed by atoms with Crippen LogP contribution in [0, 0.1) is 12.3 Å². The number of hydrogen-bond donors (Lipinski definition) is 1. The summed E-state index contributed by atoms with van der Waals surface area (Å²) in [6, 6.07) is 11.5. The van der Waals surface area contributed by atoms with Crippen LogP contribution in [0.15, 0.2) is 41.3 Å². The summed E-state index contributed by atoms with van der Waals surface area (Å²) in [7, 11) is 0. The van der Waals surface area contributed by atoms with Crippen LogP contribution in [0.4, 0.5) is 4.79 Å². The maximum atomic E-state index is 11.8. The second kappa shape index (κ2) is 5.96. The summed E-state index contributed by atoms with van der Waals surface area (Å²) in [5, 5.41) is 3.81. The molecule has 108 valence electrons. The molecule has 4 nitrogen and oxygen atoms in total. The highest BCUT2D eigenvalue weighted by molar-refractivity contribution is 8.18. The van der Waals surface area contributed by atoms with Crippen molar-refractivity contribution >= 4 is 39.8 Å². The molecule has 1 saturated heterocycles. The number of carbonyl (C=O) groups is 2. The van der Waals surface area contributed by atoms with Crippen molar-refractivity contribution < 1.29 is 14.3 Å². The molecular weight excluding hydrogens is 298 g/mol. The zero-order chi connectivity index (χ0) is 15.5. The molecule has 2 aromatic rings. The molecule has 1 aliphatic rings. The van der Waals surface area contributed by atoms with Gasteiger partial charge in [-0.1, -0.05) is 36.3 Å². The van der Waals surface area contributed by atoms with Gasteiger partial charge in [-0.05, 0) is 34.7 Å². The van der Waals surface area contributed by atoms with Crippen LogP contribution >= 0.6 is 11.8 Å². The number of benzene rings is 2. The van der Waals surface area contributed by atoms with Gasteiger partial charge in [-0.2, -0.15) is 0 Å². The molecule has 2 aromatic carbocycles. The smallest absolute Gasteiger partial charge is 0.290 e. The molecule has 0 aliphatic carbocycles. The van der Waals surface area contributed by atoms with Gasteiger partial charge in [0.15, 0.2) is 0 Å². The molecule has 3 rings (SSSR count). The molecule has 0 unspecified atom stereocenters. The van der Waals surface area contributed by atoms with Crippen LogP contribution < -0.4 is 10.1 Å². The summed E-state index contributed by atoms with van der Waals surface area (Å²) in [6.07, 6.45) is 6.91. The van der Waals surface area contributed by atoms with E-state index in [0.29, 0.717) is 10.7 Å². The van der Waals surface area contributed by atoms with E-state index in [4.69, 9.17) is 11.2 Å². The molecule has 0 atom stereocenters. The maximum Gasteiger partial charge on any atom is 0.290 e. The highest BCUT2D eigenvalue weighted by Crippen LogP contribution is 2.33. The van der Waals surface area contributed by atoms with E-state index in [1.807, 2.05) is 36.4 Å². The van der Waals surface area contributed by atoms with Gasteiger partial charge < -0.3 is 4.74 Å². The van der Waals surface area contributed by atoms with Crippen molar-refractivity contribution in [3.63, 3.8) is 0 Å². The lowest BCUT2D eigenvalue weighted by atomic mass is 10.0. The minimum Gasteiger partial charge on any atom is -0.480 e. The fraction of sp³-hybridized carbons (Fsp3) is 0.0588. The Hall–Kier alpha value is -2.71. The lowest BCUT2D eigenvalue weighted by Gasteiger charge is -2.10. The Labute approximate surface area is 131 Å². The number of ether oxygens (including phenoxy) is 1. The Balaban J connectivity index is 2.16. The van der Waals surface area contributed by atoms with Gasteiger partial charge >= 0.3 is 0 Å². The molecule has 22 heavy (non-hydrogen) atoms. The van der Waals surface area contributed by atoms with E-state index in [2.05, 4.69) is 11.2 Å². The number of nitrogens with one attached hydrogen (secondary N) is 1. The molecular formula is C17H11NO3S.